The van der Waals surface area contributed by atoms with Gasteiger partial charge in [-0.2, -0.15) is 5.26 Å². The number of pyridine rings is 1. The van der Waals surface area contributed by atoms with Crippen molar-refractivity contribution in [2.45, 2.75) is 13.5 Å². The first kappa shape index (κ1) is 13.6. The van der Waals surface area contributed by atoms with E-state index in [4.69, 9.17) is 5.26 Å². The Morgan fingerprint density at radius 3 is 2.79 bits per heavy atom. The third-order valence-electron chi connectivity index (χ3n) is 2.84. The van der Waals surface area contributed by atoms with Crippen LogP contribution in [0, 0.1) is 18.3 Å². The van der Waals surface area contributed by atoms with Gasteiger partial charge in [-0.25, -0.2) is 0 Å². The minimum absolute atomic E-state index is 0.665. The average molecular weight is 316 g/mol. The van der Waals surface area contributed by atoms with E-state index in [0.717, 1.165) is 21.5 Å². The van der Waals surface area contributed by atoms with Gasteiger partial charge in [0.1, 0.15) is 6.07 Å². The summed E-state index contributed by atoms with van der Waals surface area (Å²) in [4.78, 5) is 6.51. The number of nitrogens with zero attached hydrogens (tertiary/aromatic N) is 3. The summed E-state index contributed by atoms with van der Waals surface area (Å²) in [5.41, 5.74) is 3.56. The van der Waals surface area contributed by atoms with Crippen molar-refractivity contribution in [3.8, 4) is 6.07 Å². The van der Waals surface area contributed by atoms with E-state index in [1.165, 1.54) is 0 Å². The quantitative estimate of drug-likeness (QED) is 0.867. The van der Waals surface area contributed by atoms with Crippen LogP contribution in [0.15, 0.2) is 40.9 Å². The average Bonchev–Trinajstić information content (AvgIpc) is 2.38. The number of hydrogen-bond acceptors (Lipinski definition) is 3. The predicted molar refractivity (Wildman–Crippen MR) is 79.9 cm³/mol. The van der Waals surface area contributed by atoms with Gasteiger partial charge in [0.2, 0.25) is 0 Å². The van der Waals surface area contributed by atoms with Crippen molar-refractivity contribution in [2.75, 3.05) is 11.9 Å². The van der Waals surface area contributed by atoms with Crippen LogP contribution in [-0.2, 0) is 6.54 Å². The highest BCUT2D eigenvalue weighted by Crippen LogP contribution is 2.24. The number of aryl methyl sites for hydroxylation is 1. The lowest BCUT2D eigenvalue weighted by molar-refractivity contribution is 0.875. The van der Waals surface area contributed by atoms with E-state index in [1.807, 2.05) is 55.3 Å². The molecule has 0 aliphatic heterocycles. The summed E-state index contributed by atoms with van der Waals surface area (Å²) < 4.78 is 0.963. The lowest BCUT2D eigenvalue weighted by atomic mass is 10.1. The van der Waals surface area contributed by atoms with Gasteiger partial charge in [0.15, 0.2) is 0 Å². The van der Waals surface area contributed by atoms with E-state index < -0.39 is 0 Å². The van der Waals surface area contributed by atoms with E-state index >= 15 is 0 Å². The molecule has 96 valence electrons. The summed E-state index contributed by atoms with van der Waals surface area (Å²) in [5, 5.41) is 9.16. The molecule has 0 saturated carbocycles. The standard InChI is InChI=1S/C15H14BrN3/c1-11-4-3-5-14(18-11)10-19(2)15-8-13(16)7-6-12(15)9-17/h3-8H,10H2,1-2H3. The van der Waals surface area contributed by atoms with Crippen molar-refractivity contribution in [2.24, 2.45) is 0 Å². The van der Waals surface area contributed by atoms with Crippen LogP contribution < -0.4 is 4.90 Å². The van der Waals surface area contributed by atoms with E-state index in [2.05, 4.69) is 27.0 Å². The third-order valence-corrected chi connectivity index (χ3v) is 3.33. The Kier molecular flexibility index (Phi) is 4.18. The number of benzene rings is 1. The highest BCUT2D eigenvalue weighted by Gasteiger charge is 2.09. The van der Waals surface area contributed by atoms with Crippen molar-refractivity contribution in [1.82, 2.24) is 4.98 Å². The second-order valence-electron chi connectivity index (χ2n) is 4.40. The summed E-state index contributed by atoms with van der Waals surface area (Å²) in [6.45, 7) is 2.65. The van der Waals surface area contributed by atoms with Gasteiger partial charge in [0.05, 0.1) is 23.5 Å². The van der Waals surface area contributed by atoms with Gasteiger partial charge < -0.3 is 4.90 Å². The third kappa shape index (κ3) is 3.33. The maximum atomic E-state index is 9.16. The second kappa shape index (κ2) is 5.85. The van der Waals surface area contributed by atoms with Crippen LogP contribution >= 0.6 is 15.9 Å². The number of hydrogen-bond donors (Lipinski definition) is 0. The molecule has 0 amide bonds. The van der Waals surface area contributed by atoms with Crippen LogP contribution in [0.3, 0.4) is 0 Å². The smallest absolute Gasteiger partial charge is 0.101 e. The van der Waals surface area contributed by atoms with Crippen LogP contribution in [0.5, 0.6) is 0 Å². The van der Waals surface area contributed by atoms with Crippen molar-refractivity contribution >= 4 is 21.6 Å². The molecule has 1 aromatic carbocycles. The molecule has 0 aliphatic rings. The molecule has 1 heterocycles. The topological polar surface area (TPSA) is 39.9 Å². The first-order valence-corrected chi connectivity index (χ1v) is 6.73. The van der Waals surface area contributed by atoms with Gasteiger partial charge in [0, 0.05) is 17.2 Å². The minimum Gasteiger partial charge on any atom is -0.368 e. The number of halogens is 1. The summed E-state index contributed by atoms with van der Waals surface area (Å²) >= 11 is 3.44. The van der Waals surface area contributed by atoms with E-state index in [9.17, 15) is 0 Å². The maximum absolute atomic E-state index is 9.16. The summed E-state index contributed by atoms with van der Waals surface area (Å²) in [5.74, 6) is 0. The number of nitriles is 1. The molecule has 0 aliphatic carbocycles. The normalized spacial score (nSPS) is 10.0. The zero-order chi connectivity index (χ0) is 13.8. The first-order chi connectivity index (χ1) is 9.10. The van der Waals surface area contributed by atoms with Crippen molar-refractivity contribution in [3.63, 3.8) is 0 Å². The van der Waals surface area contributed by atoms with Crippen molar-refractivity contribution in [1.29, 1.82) is 5.26 Å². The van der Waals surface area contributed by atoms with Crippen LogP contribution in [0.1, 0.15) is 17.0 Å². The number of aromatic nitrogens is 1. The van der Waals surface area contributed by atoms with Crippen LogP contribution in [0.4, 0.5) is 5.69 Å². The molecule has 0 unspecified atom stereocenters. The molecule has 0 spiro atoms. The molecule has 0 fully saturated rings. The van der Waals surface area contributed by atoms with Gasteiger partial charge in [-0.1, -0.05) is 22.0 Å². The molecule has 3 nitrogen and oxygen atoms in total. The largest absolute Gasteiger partial charge is 0.368 e. The molecule has 2 aromatic rings. The van der Waals surface area contributed by atoms with Gasteiger partial charge >= 0.3 is 0 Å². The first-order valence-electron chi connectivity index (χ1n) is 5.93. The molecule has 2 rings (SSSR count). The summed E-state index contributed by atoms with van der Waals surface area (Å²) in [6, 6.07) is 13.8. The Morgan fingerprint density at radius 1 is 1.32 bits per heavy atom. The Morgan fingerprint density at radius 2 is 2.11 bits per heavy atom. The fourth-order valence-corrected chi connectivity index (χ4v) is 2.28. The Labute approximate surface area is 121 Å². The fourth-order valence-electron chi connectivity index (χ4n) is 1.93. The monoisotopic (exact) mass is 315 g/mol. The molecule has 0 N–H and O–H groups in total. The zero-order valence-electron chi connectivity index (χ0n) is 10.9. The molecular formula is C15H14BrN3. The van der Waals surface area contributed by atoms with Gasteiger partial charge in [-0.3, -0.25) is 4.98 Å². The number of rotatable bonds is 3. The van der Waals surface area contributed by atoms with Crippen LogP contribution in [-0.4, -0.2) is 12.0 Å². The van der Waals surface area contributed by atoms with Gasteiger partial charge in [0.25, 0.3) is 0 Å². The summed E-state index contributed by atoms with van der Waals surface area (Å²) in [6.07, 6.45) is 0. The van der Waals surface area contributed by atoms with Gasteiger partial charge in [-0.05, 0) is 37.3 Å². The highest BCUT2D eigenvalue weighted by atomic mass is 79.9. The molecule has 0 saturated heterocycles. The molecule has 0 atom stereocenters. The minimum atomic E-state index is 0.665. The summed E-state index contributed by atoms with van der Waals surface area (Å²) in [7, 11) is 1.96. The van der Waals surface area contributed by atoms with E-state index in [-0.39, 0.29) is 0 Å². The molecular weight excluding hydrogens is 302 g/mol. The van der Waals surface area contributed by atoms with Crippen LogP contribution in [0.2, 0.25) is 0 Å². The highest BCUT2D eigenvalue weighted by molar-refractivity contribution is 9.10. The van der Waals surface area contributed by atoms with Crippen molar-refractivity contribution < 1.29 is 0 Å². The van der Waals surface area contributed by atoms with Gasteiger partial charge in [-0.15, -0.1) is 0 Å². The Balaban J connectivity index is 2.27. The van der Waals surface area contributed by atoms with Crippen molar-refractivity contribution in [3.05, 3.63) is 57.8 Å². The Hall–Kier alpha value is -1.86. The molecule has 0 bridgehead atoms. The van der Waals surface area contributed by atoms with E-state index in [1.54, 1.807) is 0 Å². The zero-order valence-corrected chi connectivity index (χ0v) is 12.5. The molecule has 0 radical (unpaired) electrons. The molecule has 19 heavy (non-hydrogen) atoms. The Bertz CT molecular complexity index is 632. The van der Waals surface area contributed by atoms with Crippen LogP contribution in [0.25, 0.3) is 0 Å². The lowest BCUT2D eigenvalue weighted by Gasteiger charge is -2.20. The maximum Gasteiger partial charge on any atom is 0.101 e. The SMILES string of the molecule is Cc1cccc(CN(C)c2cc(Br)ccc2C#N)n1. The predicted octanol–water partition coefficient (Wildman–Crippen LogP) is 3.66. The fraction of sp³-hybridized carbons (Fsp3) is 0.200. The molecule has 4 heteroatoms. The molecule has 1 aromatic heterocycles. The second-order valence-corrected chi connectivity index (χ2v) is 5.32. The number of anilines is 1. The lowest BCUT2D eigenvalue weighted by Crippen LogP contribution is -2.18. The van der Waals surface area contributed by atoms with E-state index in [0.29, 0.717) is 12.1 Å².